The maximum absolute atomic E-state index is 12.1. The third-order valence-electron chi connectivity index (χ3n) is 4.27. The summed E-state index contributed by atoms with van der Waals surface area (Å²) in [5.41, 5.74) is 1.41. The number of likely N-dealkylation sites (tertiary alicyclic amines) is 1. The fraction of sp³-hybridized carbons (Fsp3) is 0.733. The van der Waals surface area contributed by atoms with Crippen molar-refractivity contribution in [2.24, 2.45) is 5.92 Å². The van der Waals surface area contributed by atoms with Crippen molar-refractivity contribution in [2.45, 2.75) is 51.5 Å². The number of urea groups is 1. The van der Waals surface area contributed by atoms with Gasteiger partial charge in [-0.2, -0.15) is 0 Å². The van der Waals surface area contributed by atoms with E-state index in [0.717, 1.165) is 25.7 Å². The van der Waals surface area contributed by atoms with Crippen molar-refractivity contribution < 1.29 is 14.7 Å². The van der Waals surface area contributed by atoms with Crippen LogP contribution in [0.15, 0.2) is 11.6 Å². The quantitative estimate of drug-likeness (QED) is 0.777. The van der Waals surface area contributed by atoms with E-state index in [4.69, 9.17) is 0 Å². The first-order chi connectivity index (χ1) is 9.58. The molecule has 0 spiro atoms. The van der Waals surface area contributed by atoms with E-state index in [1.807, 2.05) is 6.92 Å². The minimum absolute atomic E-state index is 0.233. The molecule has 112 valence electrons. The molecule has 0 saturated carbocycles. The zero-order valence-electron chi connectivity index (χ0n) is 12.1. The van der Waals surface area contributed by atoms with Crippen LogP contribution in [0.5, 0.6) is 0 Å². The summed E-state index contributed by atoms with van der Waals surface area (Å²) in [4.78, 5) is 24.9. The van der Waals surface area contributed by atoms with Crippen LogP contribution < -0.4 is 5.32 Å². The number of nitrogens with one attached hydrogen (secondary N) is 1. The maximum atomic E-state index is 12.1. The van der Waals surface area contributed by atoms with Gasteiger partial charge in [-0.25, -0.2) is 9.59 Å². The molecule has 2 unspecified atom stereocenters. The van der Waals surface area contributed by atoms with Crippen molar-refractivity contribution in [3.8, 4) is 0 Å². The van der Waals surface area contributed by atoms with Gasteiger partial charge in [0.1, 0.15) is 6.04 Å². The molecule has 0 aromatic carbocycles. The minimum Gasteiger partial charge on any atom is -0.480 e. The molecule has 1 heterocycles. The van der Waals surface area contributed by atoms with Gasteiger partial charge in [0.15, 0.2) is 0 Å². The Morgan fingerprint density at radius 3 is 2.95 bits per heavy atom. The largest absolute Gasteiger partial charge is 0.480 e. The van der Waals surface area contributed by atoms with Crippen LogP contribution in [0.25, 0.3) is 0 Å². The Bertz CT molecular complexity index is 406. The lowest BCUT2D eigenvalue weighted by Gasteiger charge is -2.35. The van der Waals surface area contributed by atoms with E-state index in [9.17, 15) is 14.7 Å². The lowest BCUT2D eigenvalue weighted by molar-refractivity contribution is -0.143. The second-order valence-electron chi connectivity index (χ2n) is 5.91. The minimum atomic E-state index is -0.898. The summed E-state index contributed by atoms with van der Waals surface area (Å²) in [6, 6.07) is -0.910. The molecule has 2 rings (SSSR count). The summed E-state index contributed by atoms with van der Waals surface area (Å²) in [7, 11) is 0. The Morgan fingerprint density at radius 1 is 1.50 bits per heavy atom. The molecule has 2 aliphatic rings. The highest BCUT2D eigenvalue weighted by molar-refractivity contribution is 5.82. The summed E-state index contributed by atoms with van der Waals surface area (Å²) in [6.45, 7) is 3.17. The molecule has 1 aliphatic heterocycles. The summed E-state index contributed by atoms with van der Waals surface area (Å²) < 4.78 is 0. The number of carbonyl (C=O) groups is 2. The number of amides is 2. The monoisotopic (exact) mass is 280 g/mol. The normalized spacial score (nSPS) is 26.2. The van der Waals surface area contributed by atoms with Gasteiger partial charge >= 0.3 is 12.0 Å². The standard InChI is InChI=1S/C15H24N2O3/c1-11-7-9-17(13(10-11)14(18)19)15(20)16-8-6-12-4-2-3-5-12/h4,11,13H,2-3,5-10H2,1H3,(H,16,20)(H,18,19). The van der Waals surface area contributed by atoms with E-state index in [1.165, 1.54) is 16.9 Å². The molecule has 20 heavy (non-hydrogen) atoms. The van der Waals surface area contributed by atoms with E-state index in [2.05, 4.69) is 11.4 Å². The number of carboxylic acid groups (broad SMARTS) is 1. The van der Waals surface area contributed by atoms with E-state index in [0.29, 0.717) is 25.4 Å². The fourth-order valence-corrected chi connectivity index (χ4v) is 3.01. The van der Waals surface area contributed by atoms with Crippen LogP contribution in [0.2, 0.25) is 0 Å². The molecule has 1 fully saturated rings. The van der Waals surface area contributed by atoms with Crippen LogP contribution >= 0.6 is 0 Å². The van der Waals surface area contributed by atoms with Gasteiger partial charge in [0.05, 0.1) is 0 Å². The smallest absolute Gasteiger partial charge is 0.326 e. The molecule has 1 saturated heterocycles. The number of rotatable bonds is 4. The van der Waals surface area contributed by atoms with Gasteiger partial charge in [0.25, 0.3) is 0 Å². The van der Waals surface area contributed by atoms with E-state index < -0.39 is 12.0 Å². The first kappa shape index (κ1) is 14.9. The van der Waals surface area contributed by atoms with Crippen molar-refractivity contribution >= 4 is 12.0 Å². The average Bonchev–Trinajstić information content (AvgIpc) is 2.91. The summed E-state index contributed by atoms with van der Waals surface area (Å²) in [5.74, 6) is -0.533. The first-order valence-corrected chi connectivity index (χ1v) is 7.53. The van der Waals surface area contributed by atoms with E-state index in [-0.39, 0.29) is 6.03 Å². The number of allylic oxidation sites excluding steroid dienone is 1. The number of hydrogen-bond donors (Lipinski definition) is 2. The number of hydrogen-bond acceptors (Lipinski definition) is 2. The zero-order chi connectivity index (χ0) is 14.5. The second kappa shape index (κ2) is 6.77. The lowest BCUT2D eigenvalue weighted by Crippen LogP contribution is -2.53. The highest BCUT2D eigenvalue weighted by Crippen LogP contribution is 2.23. The van der Waals surface area contributed by atoms with E-state index in [1.54, 1.807) is 0 Å². The maximum Gasteiger partial charge on any atom is 0.326 e. The van der Waals surface area contributed by atoms with Gasteiger partial charge in [-0.05, 0) is 44.4 Å². The Morgan fingerprint density at radius 2 is 2.30 bits per heavy atom. The van der Waals surface area contributed by atoms with Crippen molar-refractivity contribution in [1.82, 2.24) is 10.2 Å². The zero-order valence-corrected chi connectivity index (χ0v) is 12.1. The predicted octanol–water partition coefficient (Wildman–Crippen LogP) is 2.38. The second-order valence-corrected chi connectivity index (χ2v) is 5.91. The molecule has 0 bridgehead atoms. The Hall–Kier alpha value is -1.52. The van der Waals surface area contributed by atoms with Gasteiger partial charge in [-0.1, -0.05) is 18.6 Å². The molecule has 5 nitrogen and oxygen atoms in total. The number of carboxylic acids is 1. The van der Waals surface area contributed by atoms with Gasteiger partial charge in [-0.15, -0.1) is 0 Å². The lowest BCUT2D eigenvalue weighted by atomic mass is 9.93. The Kier molecular flexibility index (Phi) is 5.04. The number of aliphatic carboxylic acids is 1. The van der Waals surface area contributed by atoms with Crippen molar-refractivity contribution in [1.29, 1.82) is 0 Å². The van der Waals surface area contributed by atoms with Crippen LogP contribution in [0.4, 0.5) is 4.79 Å². The molecule has 2 amide bonds. The van der Waals surface area contributed by atoms with Crippen LogP contribution in [0, 0.1) is 5.92 Å². The van der Waals surface area contributed by atoms with Crippen LogP contribution in [-0.4, -0.2) is 41.1 Å². The average molecular weight is 280 g/mol. The third-order valence-corrected chi connectivity index (χ3v) is 4.27. The molecular formula is C15H24N2O3. The molecule has 0 aromatic heterocycles. The summed E-state index contributed by atoms with van der Waals surface area (Å²) >= 11 is 0. The molecule has 5 heteroatoms. The molecule has 2 atom stereocenters. The highest BCUT2D eigenvalue weighted by Gasteiger charge is 2.34. The predicted molar refractivity (Wildman–Crippen MR) is 76.5 cm³/mol. The van der Waals surface area contributed by atoms with Crippen LogP contribution in [0.3, 0.4) is 0 Å². The summed E-state index contributed by atoms with van der Waals surface area (Å²) in [5, 5.41) is 12.1. The van der Waals surface area contributed by atoms with Crippen LogP contribution in [-0.2, 0) is 4.79 Å². The number of nitrogens with zero attached hydrogens (tertiary/aromatic N) is 1. The molecule has 1 aliphatic carbocycles. The Balaban J connectivity index is 1.81. The summed E-state index contributed by atoms with van der Waals surface area (Å²) in [6.07, 6.45) is 8.05. The first-order valence-electron chi connectivity index (χ1n) is 7.53. The van der Waals surface area contributed by atoms with Crippen molar-refractivity contribution in [2.75, 3.05) is 13.1 Å². The van der Waals surface area contributed by atoms with E-state index >= 15 is 0 Å². The molecule has 0 radical (unpaired) electrons. The van der Waals surface area contributed by atoms with Crippen molar-refractivity contribution in [3.63, 3.8) is 0 Å². The number of carbonyl (C=O) groups excluding carboxylic acids is 1. The van der Waals surface area contributed by atoms with Crippen molar-refractivity contribution in [3.05, 3.63) is 11.6 Å². The molecule has 0 aromatic rings. The Labute approximate surface area is 120 Å². The fourth-order valence-electron chi connectivity index (χ4n) is 3.01. The van der Waals surface area contributed by atoms with Gasteiger partial charge in [0.2, 0.25) is 0 Å². The third kappa shape index (κ3) is 3.74. The van der Waals surface area contributed by atoms with Crippen LogP contribution in [0.1, 0.15) is 45.4 Å². The topological polar surface area (TPSA) is 69.6 Å². The van der Waals surface area contributed by atoms with Gasteiger partial charge in [-0.3, -0.25) is 0 Å². The highest BCUT2D eigenvalue weighted by atomic mass is 16.4. The van der Waals surface area contributed by atoms with Gasteiger partial charge in [0, 0.05) is 13.1 Å². The molecular weight excluding hydrogens is 256 g/mol. The van der Waals surface area contributed by atoms with Gasteiger partial charge < -0.3 is 15.3 Å². The molecule has 2 N–H and O–H groups in total. The SMILES string of the molecule is CC1CCN(C(=O)NCCC2=CCCC2)C(C(=O)O)C1. The number of piperidine rings is 1.